The quantitative estimate of drug-likeness (QED) is 0.215. The summed E-state index contributed by atoms with van der Waals surface area (Å²) in [5, 5.41) is 8.74. The predicted molar refractivity (Wildman–Crippen MR) is 189 cm³/mol. The lowest BCUT2D eigenvalue weighted by Gasteiger charge is -2.23. The first-order chi connectivity index (χ1) is 21.8. The third-order valence-electron chi connectivity index (χ3n) is 8.38. The van der Waals surface area contributed by atoms with E-state index in [1.165, 1.54) is 51.5 Å². The number of hydrogen-bond donors (Lipinski definition) is 1. The van der Waals surface area contributed by atoms with Crippen molar-refractivity contribution in [3.8, 4) is 11.1 Å². The number of nitrogens with zero attached hydrogens (tertiary/aromatic N) is 2. The Morgan fingerprint density at radius 3 is 1.73 bits per heavy atom. The average molecular weight is 600 g/mol. The highest BCUT2D eigenvalue weighted by molar-refractivity contribution is 7.26. The molecular weight excluding hydrogens is 575 g/mol. The third kappa shape index (κ3) is 4.16. The molecule has 1 aliphatic rings. The molecule has 208 valence electrons. The van der Waals surface area contributed by atoms with Crippen LogP contribution in [0.4, 0.5) is 0 Å². The van der Waals surface area contributed by atoms with Crippen molar-refractivity contribution in [2.75, 3.05) is 0 Å². The number of hydrogen-bond acceptors (Lipinski definition) is 5. The summed E-state index contributed by atoms with van der Waals surface area (Å²) in [6.45, 7) is 0. The summed E-state index contributed by atoms with van der Waals surface area (Å²) >= 11 is 3.65. The highest BCUT2D eigenvalue weighted by atomic mass is 32.1. The van der Waals surface area contributed by atoms with Crippen molar-refractivity contribution >= 4 is 74.7 Å². The molecule has 0 saturated heterocycles. The Kier molecular flexibility index (Phi) is 5.93. The van der Waals surface area contributed by atoms with Crippen LogP contribution in [0.1, 0.15) is 22.9 Å². The fourth-order valence-electron chi connectivity index (χ4n) is 6.23. The Hall–Kier alpha value is -5.10. The van der Waals surface area contributed by atoms with Gasteiger partial charge in [0, 0.05) is 57.0 Å². The molecule has 9 rings (SSSR count). The highest BCUT2D eigenvalue weighted by Crippen LogP contribution is 2.41. The third-order valence-corrected chi connectivity index (χ3v) is 10.8. The van der Waals surface area contributed by atoms with E-state index in [1.807, 2.05) is 28.7 Å². The smallest absolute Gasteiger partial charge is 0.171 e. The van der Waals surface area contributed by atoms with Gasteiger partial charge in [-0.05, 0) is 29.3 Å². The number of aliphatic imine (C=N–C) groups is 2. The van der Waals surface area contributed by atoms with E-state index in [1.54, 1.807) is 0 Å². The second kappa shape index (κ2) is 10.3. The molecule has 1 unspecified atom stereocenters. The van der Waals surface area contributed by atoms with Gasteiger partial charge in [0.15, 0.2) is 6.17 Å². The minimum atomic E-state index is -0.378. The molecule has 3 nitrogen and oxygen atoms in total. The van der Waals surface area contributed by atoms with Gasteiger partial charge in [0.1, 0.15) is 11.7 Å². The standard InChI is InChI=1S/C39H25N3S2/c1-2-10-24(11-3-1)25-20-22-26(23-21-25)37-40-38(31-16-8-14-29-27-12-4-6-18-33(27)43-35(29)31)42-39(41-37)32-17-9-15-30-28-13-5-7-19-34(28)44-36(30)32/h1-23,38H,(H,40,41,42). The molecule has 0 bridgehead atoms. The Balaban J connectivity index is 1.22. The lowest BCUT2D eigenvalue weighted by atomic mass is 10.0. The van der Waals surface area contributed by atoms with Gasteiger partial charge in [-0.25, -0.2) is 9.98 Å². The molecule has 44 heavy (non-hydrogen) atoms. The maximum absolute atomic E-state index is 5.34. The van der Waals surface area contributed by atoms with E-state index >= 15 is 0 Å². The van der Waals surface area contributed by atoms with E-state index < -0.39 is 0 Å². The molecule has 6 aromatic carbocycles. The number of thiophene rings is 2. The first-order valence-electron chi connectivity index (χ1n) is 14.7. The van der Waals surface area contributed by atoms with Crippen LogP contribution < -0.4 is 5.32 Å². The van der Waals surface area contributed by atoms with E-state index in [4.69, 9.17) is 9.98 Å². The topological polar surface area (TPSA) is 36.8 Å². The number of fused-ring (bicyclic) bond motifs is 6. The summed E-state index contributed by atoms with van der Waals surface area (Å²) in [7, 11) is 0. The van der Waals surface area contributed by atoms with Crippen molar-refractivity contribution < 1.29 is 0 Å². The molecule has 1 atom stereocenters. The second-order valence-electron chi connectivity index (χ2n) is 11.0. The Morgan fingerprint density at radius 2 is 0.977 bits per heavy atom. The zero-order valence-electron chi connectivity index (χ0n) is 23.6. The maximum Gasteiger partial charge on any atom is 0.171 e. The van der Waals surface area contributed by atoms with Crippen LogP contribution in [0.5, 0.6) is 0 Å². The molecule has 5 heteroatoms. The zero-order chi connectivity index (χ0) is 29.0. The molecule has 0 fully saturated rings. The number of nitrogens with one attached hydrogen (secondary N) is 1. The predicted octanol–water partition coefficient (Wildman–Crippen LogP) is 10.6. The molecule has 0 saturated carbocycles. The fraction of sp³-hybridized carbons (Fsp3) is 0.0256. The van der Waals surface area contributed by atoms with Crippen LogP contribution in [0, 0.1) is 0 Å². The molecule has 8 aromatic rings. The van der Waals surface area contributed by atoms with Crippen molar-refractivity contribution in [1.29, 1.82) is 0 Å². The SMILES string of the molecule is c1ccc(-c2ccc(C3=NC(c4cccc5c4sc4ccccc45)N=C(c4cccc5c4sc4ccccc45)N3)cc2)cc1. The zero-order valence-corrected chi connectivity index (χ0v) is 25.2. The second-order valence-corrected chi connectivity index (χ2v) is 13.1. The molecule has 1 N–H and O–H groups in total. The van der Waals surface area contributed by atoms with Gasteiger partial charge in [-0.15, -0.1) is 22.7 Å². The van der Waals surface area contributed by atoms with Crippen LogP contribution in [-0.2, 0) is 0 Å². The van der Waals surface area contributed by atoms with E-state index in [0.29, 0.717) is 0 Å². The van der Waals surface area contributed by atoms with Crippen LogP contribution in [0.3, 0.4) is 0 Å². The molecule has 1 aliphatic heterocycles. The Morgan fingerprint density at radius 1 is 0.432 bits per heavy atom. The number of amidine groups is 2. The molecule has 0 amide bonds. The lowest BCUT2D eigenvalue weighted by molar-refractivity contribution is 0.764. The van der Waals surface area contributed by atoms with Gasteiger partial charge in [0.25, 0.3) is 0 Å². The minimum absolute atomic E-state index is 0.378. The van der Waals surface area contributed by atoms with Crippen molar-refractivity contribution in [1.82, 2.24) is 5.32 Å². The molecule has 0 radical (unpaired) electrons. The summed E-state index contributed by atoms with van der Waals surface area (Å²) in [5.41, 5.74) is 5.65. The van der Waals surface area contributed by atoms with Crippen molar-refractivity contribution in [3.63, 3.8) is 0 Å². The molecular formula is C39H25N3S2. The van der Waals surface area contributed by atoms with Crippen LogP contribution in [0.15, 0.2) is 150 Å². The van der Waals surface area contributed by atoms with E-state index in [2.05, 4.69) is 139 Å². The summed E-state index contributed by atoms with van der Waals surface area (Å²) in [4.78, 5) is 10.6. The normalized spacial score (nSPS) is 15.0. The average Bonchev–Trinajstić information content (AvgIpc) is 3.67. The highest BCUT2D eigenvalue weighted by Gasteiger charge is 2.25. The van der Waals surface area contributed by atoms with Gasteiger partial charge in [-0.3, -0.25) is 0 Å². The van der Waals surface area contributed by atoms with Gasteiger partial charge < -0.3 is 5.32 Å². The first kappa shape index (κ1) is 25.4. The van der Waals surface area contributed by atoms with Crippen LogP contribution in [-0.4, -0.2) is 11.7 Å². The van der Waals surface area contributed by atoms with E-state index in [-0.39, 0.29) is 6.17 Å². The van der Waals surface area contributed by atoms with Crippen LogP contribution in [0.2, 0.25) is 0 Å². The number of rotatable bonds is 4. The van der Waals surface area contributed by atoms with Crippen molar-refractivity contribution in [2.45, 2.75) is 6.17 Å². The van der Waals surface area contributed by atoms with Crippen molar-refractivity contribution in [3.05, 3.63) is 156 Å². The summed E-state index contributed by atoms with van der Waals surface area (Å²) in [5.74, 6) is 1.68. The molecule has 2 aromatic heterocycles. The lowest BCUT2D eigenvalue weighted by Crippen LogP contribution is -2.36. The molecule has 0 aliphatic carbocycles. The Labute approximate surface area is 262 Å². The summed E-state index contributed by atoms with van der Waals surface area (Å²) in [6, 6.07) is 49.5. The largest absolute Gasteiger partial charge is 0.324 e. The Bertz CT molecular complexity index is 2410. The monoisotopic (exact) mass is 599 g/mol. The first-order valence-corrected chi connectivity index (χ1v) is 16.3. The van der Waals surface area contributed by atoms with Crippen LogP contribution in [0.25, 0.3) is 51.5 Å². The molecule has 3 heterocycles. The molecule has 0 spiro atoms. The van der Waals surface area contributed by atoms with E-state index in [9.17, 15) is 0 Å². The summed E-state index contributed by atoms with van der Waals surface area (Å²) < 4.78 is 5.04. The van der Waals surface area contributed by atoms with E-state index in [0.717, 1.165) is 28.4 Å². The van der Waals surface area contributed by atoms with Crippen LogP contribution >= 0.6 is 22.7 Å². The van der Waals surface area contributed by atoms with Gasteiger partial charge >= 0.3 is 0 Å². The van der Waals surface area contributed by atoms with Gasteiger partial charge in [-0.1, -0.05) is 121 Å². The minimum Gasteiger partial charge on any atom is -0.324 e. The van der Waals surface area contributed by atoms with Crippen molar-refractivity contribution in [2.24, 2.45) is 9.98 Å². The summed E-state index contributed by atoms with van der Waals surface area (Å²) in [6.07, 6.45) is -0.378. The number of benzene rings is 6. The fourth-order valence-corrected chi connectivity index (χ4v) is 8.68. The van der Waals surface area contributed by atoms with Gasteiger partial charge in [0.05, 0.1) is 0 Å². The maximum atomic E-state index is 5.34. The van der Waals surface area contributed by atoms with Gasteiger partial charge in [0.2, 0.25) is 0 Å². The van der Waals surface area contributed by atoms with Gasteiger partial charge in [-0.2, -0.15) is 0 Å².